The summed E-state index contributed by atoms with van der Waals surface area (Å²) in [5.41, 5.74) is 4.31. The van der Waals surface area contributed by atoms with E-state index in [0.29, 0.717) is 5.02 Å². The number of hydrogen-bond donors (Lipinski definition) is 0. The van der Waals surface area contributed by atoms with Gasteiger partial charge < -0.3 is 4.40 Å². The van der Waals surface area contributed by atoms with Crippen molar-refractivity contribution >= 4 is 17.2 Å². The van der Waals surface area contributed by atoms with Crippen molar-refractivity contribution in [3.63, 3.8) is 0 Å². The van der Waals surface area contributed by atoms with Gasteiger partial charge in [0.2, 0.25) is 0 Å². The molecule has 0 amide bonds. The molecule has 0 aliphatic carbocycles. The maximum Gasteiger partial charge on any atom is 0.140 e. The summed E-state index contributed by atoms with van der Waals surface area (Å²) in [6, 6.07) is 7.85. The first-order valence-electron chi connectivity index (χ1n) is 6.15. The molecular formula is C15H11ClN4. The first kappa shape index (κ1) is 12.6. The molecule has 0 fully saturated rings. The monoisotopic (exact) mass is 282 g/mol. The number of nitriles is 1. The molecule has 3 aromatic heterocycles. The second kappa shape index (κ2) is 4.95. The smallest absolute Gasteiger partial charge is 0.140 e. The maximum atomic E-state index is 9.07. The van der Waals surface area contributed by atoms with Crippen LogP contribution in [0, 0.1) is 18.3 Å². The Morgan fingerprint density at radius 3 is 3.00 bits per heavy atom. The quantitative estimate of drug-likeness (QED) is 0.723. The highest BCUT2D eigenvalue weighted by Gasteiger charge is 2.15. The van der Waals surface area contributed by atoms with E-state index in [1.807, 2.05) is 29.5 Å². The second-order valence-electron chi connectivity index (χ2n) is 4.52. The molecule has 0 unspecified atom stereocenters. The molecule has 0 saturated carbocycles. The minimum Gasteiger partial charge on any atom is -0.301 e. The predicted molar refractivity (Wildman–Crippen MR) is 77.5 cm³/mol. The van der Waals surface area contributed by atoms with Crippen LogP contribution >= 0.6 is 11.6 Å². The molecule has 98 valence electrons. The van der Waals surface area contributed by atoms with Crippen LogP contribution in [0.3, 0.4) is 0 Å². The summed E-state index contributed by atoms with van der Waals surface area (Å²) in [5.74, 6) is 0. The maximum absolute atomic E-state index is 9.07. The van der Waals surface area contributed by atoms with E-state index in [0.717, 1.165) is 28.2 Å². The third kappa shape index (κ3) is 2.02. The van der Waals surface area contributed by atoms with Crippen molar-refractivity contribution < 1.29 is 0 Å². The van der Waals surface area contributed by atoms with Crippen molar-refractivity contribution in [2.45, 2.75) is 13.3 Å². The average Bonchev–Trinajstić information content (AvgIpc) is 2.80. The van der Waals surface area contributed by atoms with Gasteiger partial charge in [0.15, 0.2) is 0 Å². The van der Waals surface area contributed by atoms with Crippen molar-refractivity contribution in [2.75, 3.05) is 0 Å². The van der Waals surface area contributed by atoms with Gasteiger partial charge in [-0.25, -0.2) is 4.98 Å². The Bertz CT molecular complexity index is 815. The Morgan fingerprint density at radius 1 is 1.45 bits per heavy atom. The van der Waals surface area contributed by atoms with Gasteiger partial charge in [0.05, 0.1) is 28.9 Å². The lowest BCUT2D eigenvalue weighted by atomic mass is 10.1. The number of pyridine rings is 2. The lowest BCUT2D eigenvalue weighted by Gasteiger charge is -2.02. The molecule has 0 aliphatic heterocycles. The van der Waals surface area contributed by atoms with E-state index in [9.17, 15) is 0 Å². The molecule has 5 heteroatoms. The molecule has 0 atom stereocenters. The summed E-state index contributed by atoms with van der Waals surface area (Å²) in [6.07, 6.45) is 5.53. The van der Waals surface area contributed by atoms with Crippen LogP contribution in [0.15, 0.2) is 36.8 Å². The number of nitrogens with zero attached hydrogens (tertiary/aromatic N) is 4. The molecule has 0 bridgehead atoms. The Hall–Kier alpha value is -2.38. The topological polar surface area (TPSA) is 54.0 Å². The summed E-state index contributed by atoms with van der Waals surface area (Å²) in [6.45, 7) is 1.96. The van der Waals surface area contributed by atoms with Crippen LogP contribution < -0.4 is 0 Å². The number of halogens is 1. The molecule has 3 aromatic rings. The van der Waals surface area contributed by atoms with E-state index in [-0.39, 0.29) is 6.42 Å². The molecule has 0 radical (unpaired) electrons. The van der Waals surface area contributed by atoms with Crippen LogP contribution in [0.5, 0.6) is 0 Å². The van der Waals surface area contributed by atoms with Gasteiger partial charge >= 0.3 is 0 Å². The van der Waals surface area contributed by atoms with Crippen molar-refractivity contribution in [2.24, 2.45) is 0 Å². The Balaban J connectivity index is 2.35. The zero-order valence-electron chi connectivity index (χ0n) is 10.8. The number of aryl methyl sites for hydroxylation is 1. The fraction of sp³-hybridized carbons (Fsp3) is 0.133. The number of imidazole rings is 1. The van der Waals surface area contributed by atoms with Crippen molar-refractivity contribution in [1.82, 2.24) is 14.4 Å². The average molecular weight is 283 g/mol. The summed E-state index contributed by atoms with van der Waals surface area (Å²) in [7, 11) is 0. The Kier molecular flexibility index (Phi) is 3.13. The predicted octanol–water partition coefficient (Wildman–Crippen LogP) is 3.42. The number of rotatable bonds is 2. The fourth-order valence-electron chi connectivity index (χ4n) is 2.29. The van der Waals surface area contributed by atoms with Crippen LogP contribution in [0.4, 0.5) is 0 Å². The third-order valence-electron chi connectivity index (χ3n) is 3.15. The summed E-state index contributed by atoms with van der Waals surface area (Å²) >= 11 is 6.11. The SMILES string of the molecule is Cc1cc(Cl)cn2c(CC#N)c(-c3cccnc3)nc12. The molecule has 0 aromatic carbocycles. The van der Waals surface area contributed by atoms with Crippen LogP contribution in [0.25, 0.3) is 16.9 Å². The van der Waals surface area contributed by atoms with Crippen LogP contribution in [-0.4, -0.2) is 14.4 Å². The third-order valence-corrected chi connectivity index (χ3v) is 3.36. The Morgan fingerprint density at radius 2 is 2.30 bits per heavy atom. The highest BCUT2D eigenvalue weighted by Crippen LogP contribution is 2.27. The van der Waals surface area contributed by atoms with Gasteiger partial charge in [0.25, 0.3) is 0 Å². The van der Waals surface area contributed by atoms with Gasteiger partial charge in [-0.1, -0.05) is 11.6 Å². The largest absolute Gasteiger partial charge is 0.301 e. The number of aromatic nitrogens is 3. The molecular weight excluding hydrogens is 272 g/mol. The standard InChI is InChI=1S/C15H11ClN4/c1-10-7-12(16)9-20-13(4-5-17)14(19-15(10)20)11-3-2-6-18-8-11/h2-3,6-9H,4H2,1H3. The van der Waals surface area contributed by atoms with Gasteiger partial charge in [-0.15, -0.1) is 0 Å². The van der Waals surface area contributed by atoms with Crippen LogP contribution in [0.2, 0.25) is 5.02 Å². The normalized spacial score (nSPS) is 10.7. The van der Waals surface area contributed by atoms with Gasteiger partial charge in [-0.2, -0.15) is 5.26 Å². The molecule has 3 rings (SSSR count). The van der Waals surface area contributed by atoms with E-state index in [2.05, 4.69) is 16.0 Å². The zero-order valence-corrected chi connectivity index (χ0v) is 11.6. The van der Waals surface area contributed by atoms with E-state index in [1.54, 1.807) is 18.6 Å². The molecule has 20 heavy (non-hydrogen) atoms. The Labute approximate surface area is 121 Å². The van der Waals surface area contributed by atoms with E-state index >= 15 is 0 Å². The summed E-state index contributed by atoms with van der Waals surface area (Å²) < 4.78 is 1.89. The van der Waals surface area contributed by atoms with E-state index < -0.39 is 0 Å². The zero-order chi connectivity index (χ0) is 14.1. The highest BCUT2D eigenvalue weighted by atomic mass is 35.5. The van der Waals surface area contributed by atoms with Gasteiger partial charge in [0.1, 0.15) is 5.65 Å². The van der Waals surface area contributed by atoms with Crippen LogP contribution in [0.1, 0.15) is 11.3 Å². The van der Waals surface area contributed by atoms with E-state index in [4.69, 9.17) is 16.9 Å². The molecule has 3 heterocycles. The molecule has 4 nitrogen and oxygen atoms in total. The fourth-order valence-corrected chi connectivity index (χ4v) is 2.55. The summed E-state index contributed by atoms with van der Waals surface area (Å²) in [4.78, 5) is 8.77. The van der Waals surface area contributed by atoms with Crippen molar-refractivity contribution in [3.8, 4) is 17.3 Å². The minimum absolute atomic E-state index is 0.269. The van der Waals surface area contributed by atoms with E-state index in [1.165, 1.54) is 0 Å². The van der Waals surface area contributed by atoms with Crippen molar-refractivity contribution in [3.05, 3.63) is 53.1 Å². The van der Waals surface area contributed by atoms with Crippen molar-refractivity contribution in [1.29, 1.82) is 5.26 Å². The lowest BCUT2D eigenvalue weighted by molar-refractivity contribution is 1.05. The lowest BCUT2D eigenvalue weighted by Crippen LogP contribution is -1.94. The van der Waals surface area contributed by atoms with Gasteiger partial charge in [0, 0.05) is 24.2 Å². The summed E-state index contributed by atoms with van der Waals surface area (Å²) in [5, 5.41) is 9.70. The van der Waals surface area contributed by atoms with Gasteiger partial charge in [-0.3, -0.25) is 4.98 Å². The minimum atomic E-state index is 0.269. The molecule has 0 aliphatic rings. The van der Waals surface area contributed by atoms with Crippen LogP contribution in [-0.2, 0) is 6.42 Å². The second-order valence-corrected chi connectivity index (χ2v) is 4.96. The van der Waals surface area contributed by atoms with Gasteiger partial charge in [-0.05, 0) is 30.7 Å². The molecule has 0 N–H and O–H groups in total. The molecule has 0 spiro atoms. The molecule has 0 saturated heterocycles. The highest BCUT2D eigenvalue weighted by molar-refractivity contribution is 6.30. The number of hydrogen-bond acceptors (Lipinski definition) is 3. The first-order chi connectivity index (χ1) is 9.70. The first-order valence-corrected chi connectivity index (χ1v) is 6.53. The number of fused-ring (bicyclic) bond motifs is 1.